The van der Waals surface area contributed by atoms with E-state index in [9.17, 15) is 18.0 Å². The fraction of sp³-hybridized carbons (Fsp3) is 0.222. The number of alkyl halides is 3. The van der Waals surface area contributed by atoms with E-state index >= 15 is 0 Å². The van der Waals surface area contributed by atoms with Gasteiger partial charge in [-0.1, -0.05) is 24.3 Å². The number of hydrogen-bond acceptors (Lipinski definition) is 4. The lowest BCUT2D eigenvalue weighted by Crippen LogP contribution is -2.21. The van der Waals surface area contributed by atoms with Crippen LogP contribution < -0.4 is 5.32 Å². The normalized spacial score (nSPS) is 11.4. The van der Waals surface area contributed by atoms with Gasteiger partial charge in [-0.15, -0.1) is 10.2 Å². The number of nitrogens with one attached hydrogen (secondary N) is 1. The Morgan fingerprint density at radius 1 is 1.15 bits per heavy atom. The maximum atomic E-state index is 12.8. The highest BCUT2D eigenvalue weighted by molar-refractivity contribution is 5.91. The zero-order valence-electron chi connectivity index (χ0n) is 14.6. The van der Waals surface area contributed by atoms with Crippen LogP contribution in [0.3, 0.4) is 0 Å². The molecule has 1 amide bonds. The van der Waals surface area contributed by atoms with Crippen molar-refractivity contribution in [3.05, 3.63) is 59.2 Å². The highest BCUT2D eigenvalue weighted by atomic mass is 19.4. The van der Waals surface area contributed by atoms with Gasteiger partial charge in [-0.3, -0.25) is 4.79 Å². The fourth-order valence-electron chi connectivity index (χ4n) is 2.47. The molecule has 2 aromatic carbocycles. The monoisotopic (exact) mass is 375 g/mol. The zero-order chi connectivity index (χ0) is 19.6. The molecule has 0 radical (unpaired) electrons. The number of carbonyl (C=O) groups excluding carboxylic acids is 1. The van der Waals surface area contributed by atoms with E-state index in [4.69, 9.17) is 0 Å². The van der Waals surface area contributed by atoms with E-state index in [0.29, 0.717) is 5.69 Å². The van der Waals surface area contributed by atoms with Crippen LogP contribution in [0, 0.1) is 13.8 Å². The average molecular weight is 375 g/mol. The minimum absolute atomic E-state index is 0.0145. The van der Waals surface area contributed by atoms with Gasteiger partial charge in [0.05, 0.1) is 5.56 Å². The Bertz CT molecular complexity index is 981. The summed E-state index contributed by atoms with van der Waals surface area (Å²) in [6.45, 7) is 3.62. The van der Waals surface area contributed by atoms with Crippen LogP contribution in [0.25, 0.3) is 11.4 Å². The van der Waals surface area contributed by atoms with Crippen LogP contribution in [0.2, 0.25) is 0 Å². The number of halogens is 3. The molecule has 0 spiro atoms. The van der Waals surface area contributed by atoms with Gasteiger partial charge in [-0.25, -0.2) is 0 Å². The number of nitrogens with zero attached hydrogens (tertiary/aromatic N) is 4. The predicted molar refractivity (Wildman–Crippen MR) is 92.8 cm³/mol. The van der Waals surface area contributed by atoms with E-state index in [1.165, 1.54) is 12.1 Å². The zero-order valence-corrected chi connectivity index (χ0v) is 14.6. The molecule has 0 aliphatic heterocycles. The molecule has 0 bridgehead atoms. The molecule has 6 nitrogen and oxygen atoms in total. The fourth-order valence-corrected chi connectivity index (χ4v) is 2.47. The molecule has 0 aliphatic rings. The second-order valence-corrected chi connectivity index (χ2v) is 6.02. The predicted octanol–water partition coefficient (Wildman–Crippen LogP) is 3.61. The largest absolute Gasteiger partial charge is 0.416 e. The molecule has 27 heavy (non-hydrogen) atoms. The Morgan fingerprint density at radius 2 is 1.89 bits per heavy atom. The van der Waals surface area contributed by atoms with Crippen molar-refractivity contribution in [2.75, 3.05) is 5.32 Å². The highest BCUT2D eigenvalue weighted by Crippen LogP contribution is 2.31. The van der Waals surface area contributed by atoms with Crippen LogP contribution >= 0.6 is 0 Å². The second kappa shape index (κ2) is 7.18. The molecule has 3 aromatic rings. The van der Waals surface area contributed by atoms with Gasteiger partial charge in [0.15, 0.2) is 0 Å². The van der Waals surface area contributed by atoms with Crippen molar-refractivity contribution < 1.29 is 18.0 Å². The van der Waals surface area contributed by atoms with Crippen LogP contribution in [0.4, 0.5) is 18.9 Å². The first kappa shape index (κ1) is 18.6. The molecule has 0 saturated heterocycles. The summed E-state index contributed by atoms with van der Waals surface area (Å²) in [5, 5.41) is 14.2. The summed E-state index contributed by atoms with van der Waals surface area (Å²) in [5.41, 5.74) is 2.04. The van der Waals surface area contributed by atoms with Gasteiger partial charge in [0.25, 0.3) is 0 Å². The summed E-state index contributed by atoms with van der Waals surface area (Å²) >= 11 is 0. The maximum Gasteiger partial charge on any atom is 0.416 e. The van der Waals surface area contributed by atoms with Crippen LogP contribution in [0.1, 0.15) is 16.7 Å². The SMILES string of the molecule is Cc1cccc(NC(=O)Cn2nnc(-c3cccc(C(F)(F)F)c3)n2)c1C. The molecule has 3 rings (SSSR count). The van der Waals surface area contributed by atoms with Crippen molar-refractivity contribution in [3.63, 3.8) is 0 Å². The van der Waals surface area contributed by atoms with Gasteiger partial charge in [-0.2, -0.15) is 18.0 Å². The summed E-state index contributed by atoms with van der Waals surface area (Å²) in [6, 6.07) is 10.2. The van der Waals surface area contributed by atoms with E-state index in [-0.39, 0.29) is 23.8 Å². The summed E-state index contributed by atoms with van der Waals surface area (Å²) in [6.07, 6.45) is -4.46. The lowest BCUT2D eigenvalue weighted by molar-refractivity contribution is -0.137. The first-order chi connectivity index (χ1) is 12.7. The molecule has 0 saturated carbocycles. The van der Waals surface area contributed by atoms with Crippen LogP contribution in [0.5, 0.6) is 0 Å². The van der Waals surface area contributed by atoms with Crippen molar-refractivity contribution in [1.29, 1.82) is 0 Å². The first-order valence-electron chi connectivity index (χ1n) is 8.05. The molecule has 1 N–H and O–H groups in total. The van der Waals surface area contributed by atoms with Crippen molar-refractivity contribution in [2.45, 2.75) is 26.6 Å². The summed E-state index contributed by atoms with van der Waals surface area (Å²) in [4.78, 5) is 13.2. The lowest BCUT2D eigenvalue weighted by Gasteiger charge is -2.09. The van der Waals surface area contributed by atoms with Gasteiger partial charge < -0.3 is 5.32 Å². The number of aryl methyl sites for hydroxylation is 1. The Balaban J connectivity index is 1.73. The molecular weight excluding hydrogens is 359 g/mol. The van der Waals surface area contributed by atoms with Gasteiger partial charge >= 0.3 is 6.18 Å². The molecular formula is C18H16F3N5O. The summed E-state index contributed by atoms with van der Waals surface area (Å²) in [7, 11) is 0. The Hall–Kier alpha value is -3.23. The molecule has 9 heteroatoms. The number of benzene rings is 2. The molecule has 1 aromatic heterocycles. The van der Waals surface area contributed by atoms with E-state index in [1.54, 1.807) is 6.07 Å². The number of rotatable bonds is 4. The van der Waals surface area contributed by atoms with Crippen molar-refractivity contribution in [3.8, 4) is 11.4 Å². The van der Waals surface area contributed by atoms with E-state index in [2.05, 4.69) is 20.7 Å². The number of anilines is 1. The Kier molecular flexibility index (Phi) is 4.93. The summed E-state index contributed by atoms with van der Waals surface area (Å²) < 4.78 is 38.4. The number of aromatic nitrogens is 4. The number of amides is 1. The van der Waals surface area contributed by atoms with Crippen molar-refractivity contribution in [1.82, 2.24) is 20.2 Å². The minimum atomic E-state index is -4.46. The second-order valence-electron chi connectivity index (χ2n) is 6.02. The molecule has 1 heterocycles. The Morgan fingerprint density at radius 3 is 2.63 bits per heavy atom. The van der Waals surface area contributed by atoms with Crippen molar-refractivity contribution in [2.24, 2.45) is 0 Å². The van der Waals surface area contributed by atoms with Gasteiger partial charge in [0, 0.05) is 11.3 Å². The van der Waals surface area contributed by atoms with Crippen LogP contribution in [-0.4, -0.2) is 26.1 Å². The first-order valence-corrected chi connectivity index (χ1v) is 8.05. The third-order valence-corrected chi connectivity index (χ3v) is 4.06. The quantitative estimate of drug-likeness (QED) is 0.756. The lowest BCUT2D eigenvalue weighted by atomic mass is 10.1. The standard InChI is InChI=1S/C18H16F3N5O/c1-11-5-3-8-15(12(11)2)22-16(27)10-26-24-17(23-25-26)13-6-4-7-14(9-13)18(19,20)21/h3-9H,10H2,1-2H3,(H,22,27). The number of tetrazole rings is 1. The van der Waals surface area contributed by atoms with E-state index in [1.807, 2.05) is 26.0 Å². The smallest absolute Gasteiger partial charge is 0.324 e. The Labute approximate surface area is 153 Å². The minimum Gasteiger partial charge on any atom is -0.324 e. The summed E-state index contributed by atoms with van der Waals surface area (Å²) in [5.74, 6) is -0.350. The van der Waals surface area contributed by atoms with Gasteiger partial charge in [0.2, 0.25) is 11.7 Å². The van der Waals surface area contributed by atoms with Crippen LogP contribution in [-0.2, 0) is 17.5 Å². The average Bonchev–Trinajstić information content (AvgIpc) is 3.07. The molecule has 0 fully saturated rings. The van der Waals surface area contributed by atoms with E-state index < -0.39 is 11.7 Å². The third kappa shape index (κ3) is 4.30. The topological polar surface area (TPSA) is 72.7 Å². The number of carbonyl (C=O) groups is 1. The molecule has 0 unspecified atom stereocenters. The molecule has 140 valence electrons. The van der Waals surface area contributed by atoms with E-state index in [0.717, 1.165) is 28.1 Å². The van der Waals surface area contributed by atoms with Gasteiger partial charge in [0.1, 0.15) is 6.54 Å². The highest BCUT2D eigenvalue weighted by Gasteiger charge is 2.30. The maximum absolute atomic E-state index is 12.8. The van der Waals surface area contributed by atoms with Crippen molar-refractivity contribution >= 4 is 11.6 Å². The number of hydrogen-bond donors (Lipinski definition) is 1. The van der Waals surface area contributed by atoms with Crippen LogP contribution in [0.15, 0.2) is 42.5 Å². The molecule has 0 atom stereocenters. The molecule has 0 aliphatic carbocycles. The third-order valence-electron chi connectivity index (χ3n) is 4.06. The van der Waals surface area contributed by atoms with Gasteiger partial charge in [-0.05, 0) is 48.4 Å².